The van der Waals surface area contributed by atoms with Gasteiger partial charge < -0.3 is 20.3 Å². The average molecular weight is 318 g/mol. The Morgan fingerprint density at radius 3 is 2.50 bits per heavy atom. The number of aliphatic carboxylic acids is 1. The van der Waals surface area contributed by atoms with Crippen molar-refractivity contribution in [1.29, 1.82) is 0 Å². The van der Waals surface area contributed by atoms with Crippen molar-refractivity contribution in [3.05, 3.63) is 22.2 Å². The monoisotopic (exact) mass is 317 g/mol. The predicted molar refractivity (Wildman–Crippen MR) is 71.0 cm³/mol. The Labute approximate surface area is 114 Å². The summed E-state index contributed by atoms with van der Waals surface area (Å²) in [5, 5.41) is 8.89. The van der Waals surface area contributed by atoms with E-state index in [9.17, 15) is 4.79 Å². The van der Waals surface area contributed by atoms with E-state index < -0.39 is 12.0 Å². The third kappa shape index (κ3) is 3.36. The van der Waals surface area contributed by atoms with Gasteiger partial charge in [-0.25, -0.2) is 0 Å². The molecule has 0 aliphatic rings. The van der Waals surface area contributed by atoms with Gasteiger partial charge in [0.2, 0.25) is 0 Å². The van der Waals surface area contributed by atoms with Gasteiger partial charge in [-0.1, -0.05) is 0 Å². The van der Waals surface area contributed by atoms with Crippen LogP contribution in [0.15, 0.2) is 16.6 Å². The molecule has 0 amide bonds. The van der Waals surface area contributed by atoms with Crippen molar-refractivity contribution in [3.8, 4) is 11.5 Å². The van der Waals surface area contributed by atoms with E-state index in [2.05, 4.69) is 15.9 Å². The smallest absolute Gasteiger partial charge is 0.325 e. The maximum absolute atomic E-state index is 10.9. The zero-order valence-corrected chi connectivity index (χ0v) is 12.0. The van der Waals surface area contributed by atoms with Gasteiger partial charge >= 0.3 is 5.97 Å². The van der Waals surface area contributed by atoms with E-state index >= 15 is 0 Å². The summed E-state index contributed by atoms with van der Waals surface area (Å²) in [5.74, 6) is -0.111. The van der Waals surface area contributed by atoms with Crippen molar-refractivity contribution in [1.82, 2.24) is 0 Å². The number of rotatable bonds is 5. The Morgan fingerprint density at radius 1 is 1.44 bits per heavy atom. The number of nitrogens with two attached hydrogens (primary N) is 1. The predicted octanol–water partition coefficient (Wildman–Crippen LogP) is 2.33. The number of hydrogen-bond acceptors (Lipinski definition) is 4. The maximum atomic E-state index is 10.9. The standard InChI is InChI=1S/C12H16BrNO4/c1-6(2)18-11-8(13)4-7(5-9(11)17-3)10(14)12(15)16/h4-6,10H,14H2,1-3H3,(H,15,16). The maximum Gasteiger partial charge on any atom is 0.325 e. The third-order valence-corrected chi connectivity index (χ3v) is 2.82. The molecule has 18 heavy (non-hydrogen) atoms. The third-order valence-electron chi connectivity index (χ3n) is 2.23. The molecule has 5 nitrogen and oxygen atoms in total. The van der Waals surface area contributed by atoms with E-state index in [-0.39, 0.29) is 6.10 Å². The molecule has 0 saturated heterocycles. The quantitative estimate of drug-likeness (QED) is 0.871. The average Bonchev–Trinajstić information content (AvgIpc) is 2.29. The van der Waals surface area contributed by atoms with E-state index in [1.807, 2.05) is 13.8 Å². The van der Waals surface area contributed by atoms with Crippen LogP contribution >= 0.6 is 15.9 Å². The molecule has 1 atom stereocenters. The highest BCUT2D eigenvalue weighted by atomic mass is 79.9. The summed E-state index contributed by atoms with van der Waals surface area (Å²) in [7, 11) is 1.49. The van der Waals surface area contributed by atoms with Crippen molar-refractivity contribution in [2.45, 2.75) is 26.0 Å². The summed E-state index contributed by atoms with van der Waals surface area (Å²) in [4.78, 5) is 10.9. The second-order valence-electron chi connectivity index (χ2n) is 4.02. The number of carbonyl (C=O) groups is 1. The second-order valence-corrected chi connectivity index (χ2v) is 4.87. The fourth-order valence-corrected chi connectivity index (χ4v) is 1.97. The molecule has 0 aliphatic heterocycles. The van der Waals surface area contributed by atoms with Crippen molar-refractivity contribution < 1.29 is 19.4 Å². The number of halogens is 1. The van der Waals surface area contributed by atoms with Crippen LogP contribution in [-0.2, 0) is 4.79 Å². The number of hydrogen-bond donors (Lipinski definition) is 2. The number of ether oxygens (including phenoxy) is 2. The molecule has 3 N–H and O–H groups in total. The molecule has 0 spiro atoms. The normalized spacial score (nSPS) is 12.3. The summed E-state index contributed by atoms with van der Waals surface area (Å²) in [6, 6.07) is 2.10. The van der Waals surface area contributed by atoms with Crippen LogP contribution in [0.2, 0.25) is 0 Å². The molecule has 1 aromatic carbocycles. The number of carboxylic acid groups (broad SMARTS) is 1. The van der Waals surface area contributed by atoms with Crippen LogP contribution in [0, 0.1) is 0 Å². The molecule has 6 heteroatoms. The summed E-state index contributed by atoms with van der Waals surface area (Å²) in [5.41, 5.74) is 6.01. The van der Waals surface area contributed by atoms with Crippen molar-refractivity contribution in [2.75, 3.05) is 7.11 Å². The minimum absolute atomic E-state index is 0.0193. The molecule has 0 fully saturated rings. The fourth-order valence-electron chi connectivity index (χ4n) is 1.41. The van der Waals surface area contributed by atoms with Crippen molar-refractivity contribution in [3.63, 3.8) is 0 Å². The van der Waals surface area contributed by atoms with Gasteiger partial charge in [-0.2, -0.15) is 0 Å². The summed E-state index contributed by atoms with van der Waals surface area (Å²) in [6.07, 6.45) is -0.0193. The van der Waals surface area contributed by atoms with Gasteiger partial charge in [0.15, 0.2) is 11.5 Å². The van der Waals surface area contributed by atoms with Crippen LogP contribution in [0.3, 0.4) is 0 Å². The highest BCUT2D eigenvalue weighted by molar-refractivity contribution is 9.10. The number of benzene rings is 1. The van der Waals surface area contributed by atoms with Crippen LogP contribution in [0.1, 0.15) is 25.5 Å². The second kappa shape index (κ2) is 6.06. The van der Waals surface area contributed by atoms with Crippen LogP contribution in [0.25, 0.3) is 0 Å². The Kier molecular flexibility index (Phi) is 4.98. The number of carboxylic acids is 1. The topological polar surface area (TPSA) is 81.8 Å². The Balaban J connectivity index is 3.22. The Bertz CT molecular complexity index is 448. The lowest BCUT2D eigenvalue weighted by Crippen LogP contribution is -2.20. The van der Waals surface area contributed by atoms with Crippen LogP contribution in [0.5, 0.6) is 11.5 Å². The summed E-state index contributed by atoms with van der Waals surface area (Å²) < 4.78 is 11.4. The van der Waals surface area contributed by atoms with Crippen LogP contribution in [-0.4, -0.2) is 24.3 Å². The molecule has 1 rings (SSSR count). The van der Waals surface area contributed by atoms with E-state index in [1.54, 1.807) is 12.1 Å². The first-order valence-electron chi connectivity index (χ1n) is 5.39. The van der Waals surface area contributed by atoms with Gasteiger partial charge in [-0.3, -0.25) is 4.79 Å². The van der Waals surface area contributed by atoms with Gasteiger partial charge in [0.05, 0.1) is 17.7 Å². The lowest BCUT2D eigenvalue weighted by molar-refractivity contribution is -0.138. The van der Waals surface area contributed by atoms with Gasteiger partial charge in [-0.05, 0) is 47.5 Å². The van der Waals surface area contributed by atoms with Crippen molar-refractivity contribution in [2.24, 2.45) is 5.73 Å². The van der Waals surface area contributed by atoms with Crippen molar-refractivity contribution >= 4 is 21.9 Å². The number of methoxy groups -OCH3 is 1. The Morgan fingerprint density at radius 2 is 2.06 bits per heavy atom. The summed E-state index contributed by atoms with van der Waals surface area (Å²) in [6.45, 7) is 3.78. The molecule has 1 unspecified atom stereocenters. The minimum atomic E-state index is -1.10. The van der Waals surface area contributed by atoms with E-state index in [1.165, 1.54) is 7.11 Å². The lowest BCUT2D eigenvalue weighted by atomic mass is 10.1. The molecule has 0 bridgehead atoms. The molecule has 0 aromatic heterocycles. The van der Waals surface area contributed by atoms with Gasteiger partial charge in [-0.15, -0.1) is 0 Å². The highest BCUT2D eigenvalue weighted by Crippen LogP contribution is 2.38. The van der Waals surface area contributed by atoms with Gasteiger partial charge in [0.25, 0.3) is 0 Å². The van der Waals surface area contributed by atoms with Gasteiger partial charge in [0.1, 0.15) is 6.04 Å². The van der Waals surface area contributed by atoms with E-state index in [0.717, 1.165) is 0 Å². The summed E-state index contributed by atoms with van der Waals surface area (Å²) >= 11 is 3.33. The molecule has 0 aliphatic carbocycles. The van der Waals surface area contributed by atoms with Gasteiger partial charge in [0, 0.05) is 0 Å². The van der Waals surface area contributed by atoms with Crippen LogP contribution < -0.4 is 15.2 Å². The lowest BCUT2D eigenvalue weighted by Gasteiger charge is -2.17. The largest absolute Gasteiger partial charge is 0.493 e. The molecule has 0 radical (unpaired) electrons. The Hall–Kier alpha value is -1.27. The minimum Gasteiger partial charge on any atom is -0.493 e. The molecule has 100 valence electrons. The molecule has 0 saturated carbocycles. The SMILES string of the molecule is COc1cc(C(N)C(=O)O)cc(Br)c1OC(C)C. The zero-order valence-electron chi connectivity index (χ0n) is 10.4. The van der Waals surface area contributed by atoms with E-state index in [0.29, 0.717) is 21.5 Å². The highest BCUT2D eigenvalue weighted by Gasteiger charge is 2.19. The molecular formula is C12H16BrNO4. The molecular weight excluding hydrogens is 302 g/mol. The van der Waals surface area contributed by atoms with Crippen LogP contribution in [0.4, 0.5) is 0 Å². The first-order chi connectivity index (χ1) is 8.36. The first-order valence-corrected chi connectivity index (χ1v) is 6.18. The molecule has 0 heterocycles. The fraction of sp³-hybridized carbons (Fsp3) is 0.417. The van der Waals surface area contributed by atoms with E-state index in [4.69, 9.17) is 20.3 Å². The first kappa shape index (κ1) is 14.8. The molecule has 1 aromatic rings. The zero-order chi connectivity index (χ0) is 13.9.